The summed E-state index contributed by atoms with van der Waals surface area (Å²) in [5, 5.41) is 18.3. The van der Waals surface area contributed by atoms with Crippen LogP contribution in [0.25, 0.3) is 75.8 Å². The summed E-state index contributed by atoms with van der Waals surface area (Å²) in [6.45, 7) is 0. The van der Waals surface area contributed by atoms with Gasteiger partial charge in [0.15, 0.2) is 0 Å². The van der Waals surface area contributed by atoms with Crippen molar-refractivity contribution in [2.24, 2.45) is 0 Å². The number of allylic oxidation sites excluding steroid dienone is 4. The van der Waals surface area contributed by atoms with Crippen LogP contribution in [0.2, 0.25) is 0 Å². The van der Waals surface area contributed by atoms with E-state index in [1.807, 2.05) is 7.05 Å². The van der Waals surface area contributed by atoms with Crippen LogP contribution in [0.1, 0.15) is 29.0 Å². The van der Waals surface area contributed by atoms with Crippen molar-refractivity contribution in [2.45, 2.75) is 12.3 Å². The number of hydrogen-bond donors (Lipinski definition) is 2. The molecule has 0 amide bonds. The zero-order valence-corrected chi connectivity index (χ0v) is 28.5. The molecule has 3 N–H and O–H groups in total. The first-order valence-corrected chi connectivity index (χ1v) is 17.8. The van der Waals surface area contributed by atoms with E-state index in [0.29, 0.717) is 0 Å². The van der Waals surface area contributed by atoms with E-state index in [1.165, 1.54) is 87.4 Å². The molecule has 0 saturated heterocycles. The van der Waals surface area contributed by atoms with Gasteiger partial charge in [0.05, 0.1) is 0 Å². The highest BCUT2D eigenvalue weighted by Crippen LogP contribution is 2.50. The molecule has 0 radical (unpaired) electrons. The van der Waals surface area contributed by atoms with E-state index in [9.17, 15) is 0 Å². The summed E-state index contributed by atoms with van der Waals surface area (Å²) in [5.41, 5.74) is 15.5. The van der Waals surface area contributed by atoms with Gasteiger partial charge in [-0.2, -0.15) is 0 Å². The highest BCUT2D eigenvalue weighted by Gasteiger charge is 2.27. The minimum absolute atomic E-state index is 0.105. The second-order valence-corrected chi connectivity index (χ2v) is 13.8. The Hall–Kier alpha value is -6.38. The molecule has 1 unspecified atom stereocenters. The van der Waals surface area contributed by atoms with Crippen molar-refractivity contribution >= 4 is 87.2 Å². The van der Waals surface area contributed by atoms with Gasteiger partial charge in [0.2, 0.25) is 0 Å². The van der Waals surface area contributed by atoms with Gasteiger partial charge in [-0.1, -0.05) is 158 Å². The molecule has 10 rings (SSSR count). The molecular formula is C49H36N2. The van der Waals surface area contributed by atoms with E-state index in [4.69, 9.17) is 5.73 Å². The molecule has 9 aromatic rings. The Morgan fingerprint density at radius 3 is 1.43 bits per heavy atom. The minimum Gasteiger partial charge on any atom is -0.398 e. The topological polar surface area (TPSA) is 38.0 Å². The van der Waals surface area contributed by atoms with E-state index in [1.54, 1.807) is 0 Å². The number of nitrogens with two attached hydrogens (primary N) is 1. The largest absolute Gasteiger partial charge is 0.398 e. The summed E-state index contributed by atoms with van der Waals surface area (Å²) in [6.07, 6.45) is 5.91. The maximum atomic E-state index is 6.93. The molecule has 2 nitrogen and oxygen atoms in total. The second kappa shape index (κ2) is 11.6. The predicted octanol–water partition coefficient (Wildman–Crippen LogP) is 12.9. The molecule has 0 aliphatic heterocycles. The van der Waals surface area contributed by atoms with Crippen molar-refractivity contribution in [1.29, 1.82) is 0 Å². The Morgan fingerprint density at radius 1 is 0.490 bits per heavy atom. The lowest BCUT2D eigenvalue weighted by molar-refractivity contribution is 0.889. The molecule has 242 valence electrons. The highest BCUT2D eigenvalue weighted by atomic mass is 14.8. The summed E-state index contributed by atoms with van der Waals surface area (Å²) in [7, 11) is 2.04. The smallest absolute Gasteiger partial charge is 0.0497 e. The number of nitrogens with one attached hydrogen (secondary N) is 1. The Kier molecular flexibility index (Phi) is 6.72. The van der Waals surface area contributed by atoms with Gasteiger partial charge in [-0.05, 0) is 83.4 Å². The van der Waals surface area contributed by atoms with Crippen LogP contribution in [0.15, 0.2) is 164 Å². The fourth-order valence-corrected chi connectivity index (χ4v) is 8.99. The first kappa shape index (κ1) is 29.5. The van der Waals surface area contributed by atoms with Gasteiger partial charge in [0, 0.05) is 45.9 Å². The average molecular weight is 653 g/mol. The SMILES string of the molecule is CNc1c2ccccc2c(C2C=C(c3c4ccccc4cc4ccccc34)C=C(c3c4ccccc4c(N)c4ccccc34)C2)c2ccccc12. The average Bonchev–Trinajstić information content (AvgIpc) is 3.19. The third kappa shape index (κ3) is 4.50. The molecule has 51 heavy (non-hydrogen) atoms. The van der Waals surface area contributed by atoms with Crippen molar-refractivity contribution in [3.8, 4) is 0 Å². The molecular weight excluding hydrogens is 617 g/mol. The summed E-state index contributed by atoms with van der Waals surface area (Å²) in [6, 6.07) is 55.2. The number of hydrogen-bond acceptors (Lipinski definition) is 2. The Balaban J connectivity index is 1.35. The van der Waals surface area contributed by atoms with E-state index < -0.39 is 0 Å². The Bertz CT molecular complexity index is 2780. The summed E-state index contributed by atoms with van der Waals surface area (Å²) >= 11 is 0. The third-order valence-electron chi connectivity index (χ3n) is 11.1. The van der Waals surface area contributed by atoms with Crippen LogP contribution in [-0.2, 0) is 0 Å². The molecule has 0 aromatic heterocycles. The number of rotatable bonds is 4. The quantitative estimate of drug-likeness (QED) is 0.147. The first-order valence-electron chi connectivity index (χ1n) is 17.8. The monoisotopic (exact) mass is 652 g/mol. The van der Waals surface area contributed by atoms with E-state index >= 15 is 0 Å². The zero-order chi connectivity index (χ0) is 34.1. The first-order chi connectivity index (χ1) is 25.2. The summed E-state index contributed by atoms with van der Waals surface area (Å²) in [5.74, 6) is 0.105. The number of fused-ring (bicyclic) bond motifs is 6. The molecule has 1 aliphatic rings. The van der Waals surface area contributed by atoms with Crippen molar-refractivity contribution in [1.82, 2.24) is 0 Å². The summed E-state index contributed by atoms with van der Waals surface area (Å²) < 4.78 is 0. The van der Waals surface area contributed by atoms with Crippen molar-refractivity contribution in [3.05, 3.63) is 181 Å². The van der Waals surface area contributed by atoms with Crippen LogP contribution in [0, 0.1) is 0 Å². The van der Waals surface area contributed by atoms with Crippen LogP contribution in [0.3, 0.4) is 0 Å². The lowest BCUT2D eigenvalue weighted by atomic mass is 9.75. The van der Waals surface area contributed by atoms with Gasteiger partial charge in [-0.3, -0.25) is 0 Å². The molecule has 1 atom stereocenters. The predicted molar refractivity (Wildman–Crippen MR) is 222 cm³/mol. The lowest BCUT2D eigenvalue weighted by Crippen LogP contribution is -2.08. The maximum absolute atomic E-state index is 6.93. The summed E-state index contributed by atoms with van der Waals surface area (Å²) in [4.78, 5) is 0. The molecule has 0 heterocycles. The van der Waals surface area contributed by atoms with Crippen LogP contribution >= 0.6 is 0 Å². The van der Waals surface area contributed by atoms with Crippen LogP contribution in [-0.4, -0.2) is 7.05 Å². The van der Waals surface area contributed by atoms with E-state index in [2.05, 4.69) is 169 Å². The molecule has 2 heteroatoms. The van der Waals surface area contributed by atoms with Crippen molar-refractivity contribution < 1.29 is 0 Å². The van der Waals surface area contributed by atoms with Gasteiger partial charge in [-0.15, -0.1) is 0 Å². The van der Waals surface area contributed by atoms with Crippen molar-refractivity contribution in [2.75, 3.05) is 18.1 Å². The van der Waals surface area contributed by atoms with Gasteiger partial charge in [0.1, 0.15) is 0 Å². The molecule has 0 spiro atoms. The molecule has 0 bridgehead atoms. The standard InChI is InChI=1S/C49H36N2/c1-51-49-43-24-12-8-20-39(43)47(40-21-9-13-25-44(40)49)34-28-32(45-35-16-4-2-14-30(35)26-31-15-3-5-17-36(31)45)27-33(29-34)46-37-18-6-10-22-41(37)48(50)42-23-11-7-19-38(42)46/h2-28,34,51H,29,50H2,1H3. The molecule has 0 saturated carbocycles. The fraction of sp³-hybridized carbons (Fsp3) is 0.0612. The third-order valence-corrected chi connectivity index (χ3v) is 11.1. The van der Waals surface area contributed by atoms with E-state index in [-0.39, 0.29) is 5.92 Å². The number of anilines is 2. The molecule has 0 fully saturated rings. The maximum Gasteiger partial charge on any atom is 0.0497 e. The van der Waals surface area contributed by atoms with Gasteiger partial charge in [-0.25, -0.2) is 0 Å². The van der Waals surface area contributed by atoms with Gasteiger partial charge < -0.3 is 11.1 Å². The highest BCUT2D eigenvalue weighted by molar-refractivity contribution is 6.20. The lowest BCUT2D eigenvalue weighted by Gasteiger charge is -2.28. The second-order valence-electron chi connectivity index (χ2n) is 13.8. The fourth-order valence-electron chi connectivity index (χ4n) is 8.99. The number of benzene rings is 9. The molecule has 1 aliphatic carbocycles. The minimum atomic E-state index is 0.105. The van der Waals surface area contributed by atoms with E-state index in [0.717, 1.165) is 22.9 Å². The van der Waals surface area contributed by atoms with Crippen LogP contribution in [0.5, 0.6) is 0 Å². The van der Waals surface area contributed by atoms with Crippen molar-refractivity contribution in [3.63, 3.8) is 0 Å². The Labute approximate surface area is 297 Å². The Morgan fingerprint density at radius 2 is 0.922 bits per heavy atom. The van der Waals surface area contributed by atoms with Gasteiger partial charge >= 0.3 is 0 Å². The van der Waals surface area contributed by atoms with Crippen LogP contribution < -0.4 is 11.1 Å². The molecule has 9 aromatic carbocycles. The van der Waals surface area contributed by atoms with Gasteiger partial charge in [0.25, 0.3) is 0 Å². The normalized spacial score (nSPS) is 14.8. The number of nitrogen functional groups attached to an aromatic ring is 1. The zero-order valence-electron chi connectivity index (χ0n) is 28.5. The van der Waals surface area contributed by atoms with Crippen LogP contribution in [0.4, 0.5) is 11.4 Å².